The Morgan fingerprint density at radius 1 is 1.53 bits per heavy atom. The number of hydrogen-bond acceptors (Lipinski definition) is 6. The number of anilines is 2. The lowest BCUT2D eigenvalue weighted by molar-refractivity contribution is 0.328. The van der Waals surface area contributed by atoms with Gasteiger partial charge in [0.25, 0.3) is 0 Å². The summed E-state index contributed by atoms with van der Waals surface area (Å²) in [6.45, 7) is 5.65. The predicted octanol–water partition coefficient (Wildman–Crippen LogP) is 2.82. The number of nitrogens with zero attached hydrogens (tertiary/aromatic N) is 2. The number of thiophene rings is 1. The fourth-order valence-electron chi connectivity index (χ4n) is 2.43. The molecule has 2 heterocycles. The molecule has 4 nitrogen and oxygen atoms in total. The van der Waals surface area contributed by atoms with Crippen molar-refractivity contribution in [1.29, 1.82) is 5.26 Å². The Morgan fingerprint density at radius 2 is 2.21 bits per heavy atom. The van der Waals surface area contributed by atoms with Crippen molar-refractivity contribution in [3.05, 3.63) is 4.88 Å². The minimum absolute atomic E-state index is 0.369. The number of thioether (sulfide) groups is 1. The molecule has 0 amide bonds. The van der Waals surface area contributed by atoms with Crippen molar-refractivity contribution < 1.29 is 0 Å². The van der Waals surface area contributed by atoms with Crippen molar-refractivity contribution in [3.8, 4) is 6.07 Å². The first-order valence-electron chi connectivity index (χ1n) is 6.51. The largest absolute Gasteiger partial charge is 0.396 e. The molecule has 1 fully saturated rings. The molecule has 1 saturated heterocycles. The lowest BCUT2D eigenvalue weighted by atomic mass is 10.3. The Bertz CT molecular complexity index is 472. The first kappa shape index (κ1) is 14.5. The van der Waals surface area contributed by atoms with Gasteiger partial charge in [-0.3, -0.25) is 0 Å². The number of nitrogens with two attached hydrogens (primary N) is 1. The maximum atomic E-state index is 9.05. The van der Waals surface area contributed by atoms with Gasteiger partial charge in [-0.05, 0) is 39.1 Å². The molecular weight excluding hydrogens is 276 g/mol. The molecule has 104 valence electrons. The van der Waals surface area contributed by atoms with Crippen molar-refractivity contribution in [2.75, 3.05) is 36.9 Å². The van der Waals surface area contributed by atoms with E-state index in [1.54, 1.807) is 11.8 Å². The standard InChI is InChI=1S/C13H20N4S2/c1-9(8-17-5-3-4-6-17)16-13-12(18-2)11(15)10(7-14)19-13/h9,16H,3-6,8,15H2,1-2H3. The molecule has 0 radical (unpaired) electrons. The van der Waals surface area contributed by atoms with Crippen LogP contribution in [0, 0.1) is 11.3 Å². The van der Waals surface area contributed by atoms with Gasteiger partial charge >= 0.3 is 0 Å². The van der Waals surface area contributed by atoms with Crippen molar-refractivity contribution in [3.63, 3.8) is 0 Å². The van der Waals surface area contributed by atoms with Crippen LogP contribution in [0.5, 0.6) is 0 Å². The second-order valence-electron chi connectivity index (χ2n) is 4.87. The van der Waals surface area contributed by atoms with Gasteiger partial charge < -0.3 is 16.0 Å². The Balaban J connectivity index is 2.03. The van der Waals surface area contributed by atoms with Gasteiger partial charge in [0.1, 0.15) is 15.9 Å². The first-order chi connectivity index (χ1) is 9.15. The number of hydrogen-bond donors (Lipinski definition) is 2. The van der Waals surface area contributed by atoms with Gasteiger partial charge in [-0.2, -0.15) is 5.26 Å². The lowest BCUT2D eigenvalue weighted by Crippen LogP contribution is -2.32. The lowest BCUT2D eigenvalue weighted by Gasteiger charge is -2.21. The van der Waals surface area contributed by atoms with Crippen molar-refractivity contribution >= 4 is 33.8 Å². The molecule has 1 aliphatic heterocycles. The molecule has 1 unspecified atom stereocenters. The second kappa shape index (κ2) is 6.51. The van der Waals surface area contributed by atoms with Crippen molar-refractivity contribution in [2.24, 2.45) is 0 Å². The van der Waals surface area contributed by atoms with E-state index in [4.69, 9.17) is 11.0 Å². The zero-order chi connectivity index (χ0) is 13.8. The third kappa shape index (κ3) is 3.35. The molecule has 1 aliphatic rings. The average molecular weight is 296 g/mol. The topological polar surface area (TPSA) is 65.1 Å². The van der Waals surface area contributed by atoms with Crippen LogP contribution in [0.2, 0.25) is 0 Å². The van der Waals surface area contributed by atoms with Crippen LogP contribution >= 0.6 is 23.1 Å². The van der Waals surface area contributed by atoms with Gasteiger partial charge in [-0.15, -0.1) is 23.1 Å². The van der Waals surface area contributed by atoms with E-state index < -0.39 is 0 Å². The fraction of sp³-hybridized carbons (Fsp3) is 0.615. The van der Waals surface area contributed by atoms with Gasteiger partial charge in [0, 0.05) is 12.6 Å². The molecule has 0 aromatic carbocycles. The third-order valence-electron chi connectivity index (χ3n) is 3.31. The van der Waals surface area contributed by atoms with E-state index in [1.807, 2.05) is 6.26 Å². The van der Waals surface area contributed by atoms with Crippen molar-refractivity contribution in [2.45, 2.75) is 30.7 Å². The van der Waals surface area contributed by atoms with E-state index in [-0.39, 0.29) is 0 Å². The quantitative estimate of drug-likeness (QED) is 0.818. The maximum absolute atomic E-state index is 9.05. The first-order valence-corrected chi connectivity index (χ1v) is 8.55. The molecular formula is C13H20N4S2. The zero-order valence-corrected chi connectivity index (χ0v) is 13.0. The zero-order valence-electron chi connectivity index (χ0n) is 11.4. The highest BCUT2D eigenvalue weighted by atomic mass is 32.2. The van der Waals surface area contributed by atoms with E-state index in [9.17, 15) is 0 Å². The molecule has 0 spiro atoms. The molecule has 1 atom stereocenters. The van der Waals surface area contributed by atoms with E-state index in [0.29, 0.717) is 16.6 Å². The van der Waals surface area contributed by atoms with E-state index in [2.05, 4.69) is 23.2 Å². The van der Waals surface area contributed by atoms with Gasteiger partial charge in [0.2, 0.25) is 0 Å². The summed E-state index contributed by atoms with van der Waals surface area (Å²) in [5.74, 6) is 0. The number of nitrogens with one attached hydrogen (secondary N) is 1. The molecule has 1 aromatic rings. The summed E-state index contributed by atoms with van der Waals surface area (Å²) >= 11 is 3.06. The Hall–Kier alpha value is -0.900. The number of rotatable bonds is 5. The third-order valence-corrected chi connectivity index (χ3v) is 5.32. The van der Waals surface area contributed by atoms with E-state index >= 15 is 0 Å². The molecule has 0 saturated carbocycles. The van der Waals surface area contributed by atoms with E-state index in [1.165, 1.54) is 37.3 Å². The molecule has 2 rings (SSSR count). The van der Waals surface area contributed by atoms with Gasteiger partial charge in [-0.1, -0.05) is 0 Å². The van der Waals surface area contributed by atoms with E-state index in [0.717, 1.165) is 16.4 Å². The summed E-state index contributed by atoms with van der Waals surface area (Å²) in [6.07, 6.45) is 4.62. The summed E-state index contributed by atoms with van der Waals surface area (Å²) in [6, 6.07) is 2.54. The molecule has 19 heavy (non-hydrogen) atoms. The molecule has 3 N–H and O–H groups in total. The Morgan fingerprint density at radius 3 is 2.79 bits per heavy atom. The predicted molar refractivity (Wildman–Crippen MR) is 84.0 cm³/mol. The van der Waals surface area contributed by atoms with Crippen LogP contribution in [-0.4, -0.2) is 36.8 Å². The Kier molecular flexibility index (Phi) is 4.97. The Labute approximate surface area is 123 Å². The minimum Gasteiger partial charge on any atom is -0.396 e. The smallest absolute Gasteiger partial charge is 0.131 e. The van der Waals surface area contributed by atoms with Crippen LogP contribution in [0.15, 0.2) is 4.90 Å². The number of nitrogen functional groups attached to an aromatic ring is 1. The second-order valence-corrected chi connectivity index (χ2v) is 6.71. The number of likely N-dealkylation sites (tertiary alicyclic amines) is 1. The fourth-order valence-corrected chi connectivity index (χ4v) is 4.36. The molecule has 1 aromatic heterocycles. The van der Waals surface area contributed by atoms with Gasteiger partial charge in [0.05, 0.1) is 10.6 Å². The minimum atomic E-state index is 0.369. The van der Waals surface area contributed by atoms with Crippen LogP contribution < -0.4 is 11.1 Å². The summed E-state index contributed by atoms with van der Waals surface area (Å²) in [5.41, 5.74) is 6.60. The highest BCUT2D eigenvalue weighted by Crippen LogP contribution is 2.41. The van der Waals surface area contributed by atoms with Gasteiger partial charge in [0.15, 0.2) is 0 Å². The summed E-state index contributed by atoms with van der Waals surface area (Å²) in [7, 11) is 0. The van der Waals surface area contributed by atoms with Crippen LogP contribution in [0.3, 0.4) is 0 Å². The normalized spacial score (nSPS) is 17.3. The summed E-state index contributed by atoms with van der Waals surface area (Å²) < 4.78 is 0. The molecule has 0 bridgehead atoms. The molecule has 0 aliphatic carbocycles. The van der Waals surface area contributed by atoms with Crippen LogP contribution in [0.4, 0.5) is 10.7 Å². The summed E-state index contributed by atoms with van der Waals surface area (Å²) in [4.78, 5) is 4.11. The highest BCUT2D eigenvalue weighted by molar-refractivity contribution is 7.99. The van der Waals surface area contributed by atoms with Crippen LogP contribution in [-0.2, 0) is 0 Å². The average Bonchev–Trinajstić information content (AvgIpc) is 2.97. The monoisotopic (exact) mass is 296 g/mol. The summed E-state index contributed by atoms with van der Waals surface area (Å²) in [5, 5.41) is 13.6. The van der Waals surface area contributed by atoms with Gasteiger partial charge in [-0.25, -0.2) is 0 Å². The maximum Gasteiger partial charge on any atom is 0.131 e. The molecule has 6 heteroatoms. The van der Waals surface area contributed by atoms with Crippen LogP contribution in [0.25, 0.3) is 0 Å². The highest BCUT2D eigenvalue weighted by Gasteiger charge is 2.19. The number of nitriles is 1. The van der Waals surface area contributed by atoms with Crippen LogP contribution in [0.1, 0.15) is 24.6 Å². The van der Waals surface area contributed by atoms with Crippen molar-refractivity contribution in [1.82, 2.24) is 4.90 Å². The SMILES string of the molecule is CSc1c(NC(C)CN2CCCC2)sc(C#N)c1N.